The van der Waals surface area contributed by atoms with Crippen LogP contribution in [0, 0.1) is 5.82 Å². The van der Waals surface area contributed by atoms with Crippen LogP contribution in [0.1, 0.15) is 19.3 Å². The van der Waals surface area contributed by atoms with Crippen LogP contribution in [0.3, 0.4) is 0 Å². The van der Waals surface area contributed by atoms with E-state index >= 15 is 0 Å². The molecule has 3 atom stereocenters. The van der Waals surface area contributed by atoms with Crippen molar-refractivity contribution in [2.45, 2.75) is 37.4 Å². The van der Waals surface area contributed by atoms with Crippen molar-refractivity contribution in [2.24, 2.45) is 0 Å². The summed E-state index contributed by atoms with van der Waals surface area (Å²) >= 11 is 0. The van der Waals surface area contributed by atoms with Crippen molar-refractivity contribution in [3.05, 3.63) is 42.5 Å². The normalized spacial score (nSPS) is 26.3. The SMILES string of the molecule is O=C(N[C@@H]1C[C@H]2CC[C@@H]1N2)n1cc(-c2cccc(F)c2)cn1. The molecule has 114 valence electrons. The summed E-state index contributed by atoms with van der Waals surface area (Å²) in [6.45, 7) is 0. The average molecular weight is 300 g/mol. The molecule has 0 unspecified atom stereocenters. The van der Waals surface area contributed by atoms with E-state index in [0.717, 1.165) is 18.4 Å². The van der Waals surface area contributed by atoms with E-state index in [9.17, 15) is 9.18 Å². The van der Waals surface area contributed by atoms with Crippen LogP contribution in [0.5, 0.6) is 0 Å². The van der Waals surface area contributed by atoms with Gasteiger partial charge in [-0.1, -0.05) is 12.1 Å². The number of carbonyl (C=O) groups excluding carboxylic acids is 1. The van der Waals surface area contributed by atoms with Crippen LogP contribution >= 0.6 is 0 Å². The molecule has 1 aromatic carbocycles. The third-order valence-electron chi connectivity index (χ3n) is 4.56. The molecule has 2 saturated heterocycles. The van der Waals surface area contributed by atoms with Crippen LogP contribution in [0.4, 0.5) is 9.18 Å². The Morgan fingerprint density at radius 3 is 3.00 bits per heavy atom. The van der Waals surface area contributed by atoms with Gasteiger partial charge in [0.15, 0.2) is 0 Å². The second-order valence-electron chi connectivity index (χ2n) is 6.02. The van der Waals surface area contributed by atoms with E-state index in [0.29, 0.717) is 17.6 Å². The minimum absolute atomic E-state index is 0.174. The molecule has 2 aliphatic rings. The molecule has 2 fully saturated rings. The maximum Gasteiger partial charge on any atom is 0.342 e. The van der Waals surface area contributed by atoms with E-state index in [4.69, 9.17) is 0 Å². The molecule has 2 aromatic rings. The number of aromatic nitrogens is 2. The van der Waals surface area contributed by atoms with Gasteiger partial charge in [-0.2, -0.15) is 9.78 Å². The fraction of sp³-hybridized carbons (Fsp3) is 0.375. The maximum absolute atomic E-state index is 13.3. The van der Waals surface area contributed by atoms with Gasteiger partial charge in [0.05, 0.1) is 6.20 Å². The summed E-state index contributed by atoms with van der Waals surface area (Å²) in [5.41, 5.74) is 1.43. The minimum atomic E-state index is -0.303. The summed E-state index contributed by atoms with van der Waals surface area (Å²) in [5, 5.41) is 10.6. The Balaban J connectivity index is 1.48. The van der Waals surface area contributed by atoms with Gasteiger partial charge in [-0.15, -0.1) is 0 Å². The monoisotopic (exact) mass is 300 g/mol. The summed E-state index contributed by atoms with van der Waals surface area (Å²) in [6.07, 6.45) is 6.50. The summed E-state index contributed by atoms with van der Waals surface area (Å²) in [4.78, 5) is 12.3. The molecule has 22 heavy (non-hydrogen) atoms. The van der Waals surface area contributed by atoms with Gasteiger partial charge in [0.1, 0.15) is 5.82 Å². The molecule has 0 saturated carbocycles. The van der Waals surface area contributed by atoms with Gasteiger partial charge in [0.2, 0.25) is 0 Å². The van der Waals surface area contributed by atoms with Crippen LogP contribution in [0.2, 0.25) is 0 Å². The van der Waals surface area contributed by atoms with Gasteiger partial charge in [-0.25, -0.2) is 9.18 Å². The molecule has 6 heteroatoms. The van der Waals surface area contributed by atoms with Crippen LogP contribution in [-0.2, 0) is 0 Å². The van der Waals surface area contributed by atoms with E-state index < -0.39 is 0 Å². The van der Waals surface area contributed by atoms with Gasteiger partial charge in [0.25, 0.3) is 0 Å². The quantitative estimate of drug-likeness (QED) is 0.893. The largest absolute Gasteiger partial charge is 0.342 e. The molecule has 0 radical (unpaired) electrons. The predicted molar refractivity (Wildman–Crippen MR) is 79.9 cm³/mol. The first-order valence-corrected chi connectivity index (χ1v) is 7.56. The molecule has 0 aliphatic carbocycles. The van der Waals surface area contributed by atoms with Gasteiger partial charge >= 0.3 is 6.03 Å². The number of halogens is 1. The molecule has 2 N–H and O–H groups in total. The lowest BCUT2D eigenvalue weighted by Crippen LogP contribution is -2.44. The molecule has 0 spiro atoms. The Bertz CT molecular complexity index is 714. The topological polar surface area (TPSA) is 59.0 Å². The van der Waals surface area contributed by atoms with Gasteiger partial charge in [-0.05, 0) is 37.0 Å². The van der Waals surface area contributed by atoms with Crippen LogP contribution in [0.25, 0.3) is 11.1 Å². The highest BCUT2D eigenvalue weighted by Crippen LogP contribution is 2.28. The molecule has 2 bridgehead atoms. The van der Waals surface area contributed by atoms with Crippen molar-refractivity contribution in [3.63, 3.8) is 0 Å². The lowest BCUT2D eigenvalue weighted by molar-refractivity contribution is 0.233. The highest BCUT2D eigenvalue weighted by atomic mass is 19.1. The van der Waals surface area contributed by atoms with Crippen LogP contribution < -0.4 is 10.6 Å². The summed E-state index contributed by atoms with van der Waals surface area (Å²) in [5.74, 6) is -0.303. The van der Waals surface area contributed by atoms with Gasteiger partial charge in [-0.3, -0.25) is 0 Å². The van der Waals surface area contributed by atoms with E-state index in [1.807, 2.05) is 0 Å². The first-order chi connectivity index (χ1) is 10.7. The number of nitrogens with zero attached hydrogens (tertiary/aromatic N) is 2. The average Bonchev–Trinajstić information content (AvgIpc) is 3.23. The minimum Gasteiger partial charge on any atom is -0.332 e. The highest BCUT2D eigenvalue weighted by molar-refractivity contribution is 5.78. The van der Waals surface area contributed by atoms with Crippen molar-refractivity contribution in [1.82, 2.24) is 20.4 Å². The fourth-order valence-corrected chi connectivity index (χ4v) is 3.46. The summed E-state index contributed by atoms with van der Waals surface area (Å²) in [6, 6.07) is 7.12. The zero-order valence-corrected chi connectivity index (χ0v) is 12.0. The lowest BCUT2D eigenvalue weighted by Gasteiger charge is -2.21. The van der Waals surface area contributed by atoms with Crippen LogP contribution in [-0.4, -0.2) is 33.9 Å². The Morgan fingerprint density at radius 2 is 2.27 bits per heavy atom. The molecule has 2 aliphatic heterocycles. The zero-order chi connectivity index (χ0) is 15.1. The maximum atomic E-state index is 13.3. The first kappa shape index (κ1) is 13.5. The second kappa shape index (κ2) is 5.21. The van der Waals surface area contributed by atoms with Crippen LogP contribution in [0.15, 0.2) is 36.7 Å². The number of nitrogens with one attached hydrogen (secondary N) is 2. The Labute approximate surface area is 127 Å². The zero-order valence-electron chi connectivity index (χ0n) is 12.0. The fourth-order valence-electron chi connectivity index (χ4n) is 3.46. The Hall–Kier alpha value is -2.21. The highest BCUT2D eigenvalue weighted by Gasteiger charge is 2.39. The summed E-state index contributed by atoms with van der Waals surface area (Å²) in [7, 11) is 0. The van der Waals surface area contributed by atoms with Crippen molar-refractivity contribution in [3.8, 4) is 11.1 Å². The third kappa shape index (κ3) is 2.39. The number of rotatable bonds is 2. The molecule has 1 amide bonds. The van der Waals surface area contributed by atoms with Crippen molar-refractivity contribution < 1.29 is 9.18 Å². The molecule has 5 nitrogen and oxygen atoms in total. The molecular formula is C16H17FN4O. The number of fused-ring (bicyclic) bond motifs is 2. The summed E-state index contributed by atoms with van der Waals surface area (Å²) < 4.78 is 14.5. The number of amides is 1. The smallest absolute Gasteiger partial charge is 0.332 e. The number of hydrogen-bond acceptors (Lipinski definition) is 3. The number of carbonyl (C=O) groups is 1. The van der Waals surface area contributed by atoms with E-state index in [2.05, 4.69) is 15.7 Å². The Kier molecular flexibility index (Phi) is 3.18. The lowest BCUT2D eigenvalue weighted by atomic mass is 9.96. The molecule has 4 rings (SSSR count). The standard InChI is InChI=1S/C16H17FN4O/c17-12-3-1-2-10(6-12)11-8-18-21(9-11)16(22)20-15-7-13-4-5-14(15)19-13/h1-3,6,8-9,13-15,19H,4-5,7H2,(H,20,22)/t13-,14+,15-/m1/s1. The van der Waals surface area contributed by atoms with E-state index in [1.165, 1.54) is 23.2 Å². The molecular weight excluding hydrogens is 283 g/mol. The predicted octanol–water partition coefficient (Wildman–Crippen LogP) is 2.14. The van der Waals surface area contributed by atoms with Crippen molar-refractivity contribution in [2.75, 3.05) is 0 Å². The van der Waals surface area contributed by atoms with E-state index in [1.54, 1.807) is 24.5 Å². The number of benzene rings is 1. The second-order valence-corrected chi connectivity index (χ2v) is 6.02. The first-order valence-electron chi connectivity index (χ1n) is 7.56. The van der Waals surface area contributed by atoms with E-state index in [-0.39, 0.29) is 17.9 Å². The Morgan fingerprint density at radius 1 is 1.36 bits per heavy atom. The third-order valence-corrected chi connectivity index (χ3v) is 4.56. The van der Waals surface area contributed by atoms with Gasteiger partial charge in [0, 0.05) is 29.9 Å². The molecule has 3 heterocycles. The van der Waals surface area contributed by atoms with Crippen molar-refractivity contribution >= 4 is 6.03 Å². The molecule has 1 aromatic heterocycles. The van der Waals surface area contributed by atoms with Crippen molar-refractivity contribution in [1.29, 1.82) is 0 Å². The van der Waals surface area contributed by atoms with Gasteiger partial charge < -0.3 is 10.6 Å². The number of hydrogen-bond donors (Lipinski definition) is 2.